The quantitative estimate of drug-likeness (QED) is 0.591. The molecular formula is C19H21F5N6. The van der Waals surface area contributed by atoms with Gasteiger partial charge in [-0.1, -0.05) is 13.3 Å². The third kappa shape index (κ3) is 3.97. The SMILES string of the molecule is CCCCc1nc(N2CCC(F)(F)C2)c2ccn(Cc3cn[nH]c3C(F)(F)F)c2n1. The second kappa shape index (κ2) is 7.51. The molecule has 1 aliphatic rings. The molecular weight excluding hydrogens is 407 g/mol. The molecule has 1 N–H and O–H groups in total. The highest BCUT2D eigenvalue weighted by Gasteiger charge is 2.40. The zero-order chi connectivity index (χ0) is 21.5. The summed E-state index contributed by atoms with van der Waals surface area (Å²) in [7, 11) is 0. The van der Waals surface area contributed by atoms with Crippen molar-refractivity contribution >= 4 is 16.9 Å². The van der Waals surface area contributed by atoms with E-state index in [0.29, 0.717) is 29.1 Å². The molecule has 162 valence electrons. The maximum Gasteiger partial charge on any atom is 0.433 e. The minimum absolute atomic E-state index is 0.0250. The monoisotopic (exact) mass is 428 g/mol. The number of nitrogens with zero attached hydrogens (tertiary/aromatic N) is 5. The van der Waals surface area contributed by atoms with Gasteiger partial charge in [0.1, 0.15) is 23.0 Å². The first-order valence-corrected chi connectivity index (χ1v) is 9.76. The van der Waals surface area contributed by atoms with Crippen molar-refractivity contribution in [3.8, 4) is 0 Å². The van der Waals surface area contributed by atoms with Gasteiger partial charge in [0.2, 0.25) is 0 Å². The summed E-state index contributed by atoms with van der Waals surface area (Å²) in [6.07, 6.45) is 0.221. The molecule has 6 nitrogen and oxygen atoms in total. The second-order valence-corrected chi connectivity index (χ2v) is 7.54. The molecule has 0 spiro atoms. The number of alkyl halides is 5. The molecule has 1 saturated heterocycles. The van der Waals surface area contributed by atoms with E-state index >= 15 is 0 Å². The fraction of sp³-hybridized carbons (Fsp3) is 0.526. The van der Waals surface area contributed by atoms with Crippen LogP contribution in [0.1, 0.15) is 43.3 Å². The summed E-state index contributed by atoms with van der Waals surface area (Å²) in [5.41, 5.74) is -0.511. The number of aromatic nitrogens is 5. The standard InChI is InChI=1S/C19H21F5N6/c1-2-3-4-14-26-16-13(17(27-14)30-8-6-18(20,21)11-30)5-7-29(16)10-12-9-25-28-15(12)19(22,23)24/h5,7,9H,2-4,6,8,10-11H2,1H3,(H,25,28). The Morgan fingerprint density at radius 2 is 2.03 bits per heavy atom. The van der Waals surface area contributed by atoms with Gasteiger partial charge in [-0.3, -0.25) is 5.10 Å². The molecule has 11 heteroatoms. The van der Waals surface area contributed by atoms with E-state index in [2.05, 4.69) is 15.1 Å². The van der Waals surface area contributed by atoms with Crippen LogP contribution in [-0.2, 0) is 19.1 Å². The Labute approximate surface area is 169 Å². The number of halogens is 5. The van der Waals surface area contributed by atoms with Gasteiger partial charge in [-0.2, -0.15) is 18.3 Å². The molecule has 0 unspecified atom stereocenters. The van der Waals surface area contributed by atoms with Gasteiger partial charge in [0.05, 0.1) is 24.7 Å². The van der Waals surface area contributed by atoms with Crippen molar-refractivity contribution < 1.29 is 22.0 Å². The number of nitrogens with one attached hydrogen (secondary N) is 1. The Morgan fingerprint density at radius 3 is 2.70 bits per heavy atom. The van der Waals surface area contributed by atoms with Crippen molar-refractivity contribution in [1.82, 2.24) is 24.7 Å². The Kier molecular flexibility index (Phi) is 5.15. The number of hydrogen-bond donors (Lipinski definition) is 1. The molecule has 0 saturated carbocycles. The molecule has 1 aliphatic heterocycles. The lowest BCUT2D eigenvalue weighted by atomic mass is 10.2. The number of H-pyrrole nitrogens is 1. The average molecular weight is 428 g/mol. The van der Waals surface area contributed by atoms with Gasteiger partial charge < -0.3 is 9.47 Å². The van der Waals surface area contributed by atoms with Crippen LogP contribution in [-0.4, -0.2) is 43.7 Å². The predicted molar refractivity (Wildman–Crippen MR) is 101 cm³/mol. The van der Waals surface area contributed by atoms with E-state index < -0.39 is 24.3 Å². The van der Waals surface area contributed by atoms with Crippen LogP contribution >= 0.6 is 0 Å². The van der Waals surface area contributed by atoms with E-state index in [-0.39, 0.29) is 25.1 Å². The molecule has 30 heavy (non-hydrogen) atoms. The Morgan fingerprint density at radius 1 is 1.23 bits per heavy atom. The van der Waals surface area contributed by atoms with Crippen LogP contribution in [0.25, 0.3) is 11.0 Å². The van der Waals surface area contributed by atoms with Gasteiger partial charge in [-0.25, -0.2) is 18.7 Å². The summed E-state index contributed by atoms with van der Waals surface area (Å²) < 4.78 is 68.7. The molecule has 0 atom stereocenters. The fourth-order valence-electron chi connectivity index (χ4n) is 3.69. The zero-order valence-electron chi connectivity index (χ0n) is 16.3. The number of unbranched alkanes of at least 4 members (excludes halogenated alkanes) is 1. The van der Waals surface area contributed by atoms with Gasteiger partial charge in [-0.05, 0) is 12.5 Å². The molecule has 4 heterocycles. The van der Waals surface area contributed by atoms with Crippen molar-refractivity contribution in [3.63, 3.8) is 0 Å². The van der Waals surface area contributed by atoms with Crippen molar-refractivity contribution in [1.29, 1.82) is 0 Å². The first kappa shape index (κ1) is 20.5. The van der Waals surface area contributed by atoms with Gasteiger partial charge in [0.15, 0.2) is 0 Å². The lowest BCUT2D eigenvalue weighted by Gasteiger charge is -2.19. The van der Waals surface area contributed by atoms with Gasteiger partial charge >= 0.3 is 6.18 Å². The number of rotatable bonds is 6. The number of fused-ring (bicyclic) bond motifs is 1. The molecule has 3 aromatic heterocycles. The van der Waals surface area contributed by atoms with Crippen LogP contribution in [0.4, 0.5) is 27.8 Å². The number of hydrogen-bond acceptors (Lipinski definition) is 4. The largest absolute Gasteiger partial charge is 0.433 e. The van der Waals surface area contributed by atoms with E-state index in [9.17, 15) is 22.0 Å². The number of aromatic amines is 1. The summed E-state index contributed by atoms with van der Waals surface area (Å²) in [5, 5.41) is 6.07. The van der Waals surface area contributed by atoms with Gasteiger partial charge in [0, 0.05) is 31.1 Å². The van der Waals surface area contributed by atoms with E-state index in [1.54, 1.807) is 16.8 Å². The number of anilines is 1. The lowest BCUT2D eigenvalue weighted by Crippen LogP contribution is -2.26. The summed E-state index contributed by atoms with van der Waals surface area (Å²) in [4.78, 5) is 10.6. The molecule has 0 bridgehead atoms. The molecule has 3 aromatic rings. The van der Waals surface area contributed by atoms with Crippen LogP contribution in [0.2, 0.25) is 0 Å². The topological polar surface area (TPSA) is 62.6 Å². The van der Waals surface area contributed by atoms with Gasteiger partial charge in [0.25, 0.3) is 5.92 Å². The molecule has 0 radical (unpaired) electrons. The average Bonchev–Trinajstić information content (AvgIpc) is 3.38. The van der Waals surface area contributed by atoms with Crippen LogP contribution < -0.4 is 4.90 Å². The Balaban J connectivity index is 1.75. The summed E-state index contributed by atoms with van der Waals surface area (Å²) in [5.74, 6) is -1.88. The maximum atomic E-state index is 13.8. The molecule has 0 amide bonds. The highest BCUT2D eigenvalue weighted by Crippen LogP contribution is 2.35. The number of aryl methyl sites for hydroxylation is 1. The van der Waals surface area contributed by atoms with Crippen molar-refractivity contribution in [2.45, 2.75) is 51.3 Å². The summed E-state index contributed by atoms with van der Waals surface area (Å²) in [6.45, 7) is 1.64. The lowest BCUT2D eigenvalue weighted by molar-refractivity contribution is -0.141. The first-order valence-electron chi connectivity index (χ1n) is 9.76. The minimum atomic E-state index is -4.55. The molecule has 4 rings (SSSR count). The third-order valence-electron chi connectivity index (χ3n) is 5.21. The van der Waals surface area contributed by atoms with Crippen molar-refractivity contribution in [3.05, 3.63) is 35.5 Å². The van der Waals surface area contributed by atoms with Crippen LogP contribution in [0, 0.1) is 0 Å². The minimum Gasteiger partial charge on any atom is -0.350 e. The van der Waals surface area contributed by atoms with E-state index in [4.69, 9.17) is 0 Å². The highest BCUT2D eigenvalue weighted by molar-refractivity contribution is 5.88. The normalized spacial score (nSPS) is 16.7. The van der Waals surface area contributed by atoms with Crippen molar-refractivity contribution in [2.24, 2.45) is 0 Å². The van der Waals surface area contributed by atoms with Crippen molar-refractivity contribution in [2.75, 3.05) is 18.0 Å². The smallest absolute Gasteiger partial charge is 0.350 e. The first-order chi connectivity index (χ1) is 14.2. The van der Waals surface area contributed by atoms with Gasteiger partial charge in [-0.15, -0.1) is 0 Å². The maximum absolute atomic E-state index is 13.8. The predicted octanol–water partition coefficient (Wildman–Crippen LogP) is 4.41. The summed E-state index contributed by atoms with van der Waals surface area (Å²) >= 11 is 0. The van der Waals surface area contributed by atoms with Crippen LogP contribution in [0.15, 0.2) is 18.5 Å². The zero-order valence-corrected chi connectivity index (χ0v) is 16.3. The fourth-order valence-corrected chi connectivity index (χ4v) is 3.69. The molecule has 1 fully saturated rings. The van der Waals surface area contributed by atoms with E-state index in [1.165, 1.54) is 4.90 Å². The summed E-state index contributed by atoms with van der Waals surface area (Å²) in [6, 6.07) is 1.66. The van der Waals surface area contributed by atoms with Crippen LogP contribution in [0.3, 0.4) is 0 Å². The second-order valence-electron chi connectivity index (χ2n) is 7.54. The van der Waals surface area contributed by atoms with Crippen LogP contribution in [0.5, 0.6) is 0 Å². The van der Waals surface area contributed by atoms with E-state index in [0.717, 1.165) is 19.0 Å². The Bertz CT molecular complexity index is 1040. The molecule has 0 aliphatic carbocycles. The molecule has 0 aromatic carbocycles. The highest BCUT2D eigenvalue weighted by atomic mass is 19.4. The third-order valence-corrected chi connectivity index (χ3v) is 5.21. The van der Waals surface area contributed by atoms with E-state index in [1.807, 2.05) is 12.0 Å². The Hall–Kier alpha value is -2.72.